The second kappa shape index (κ2) is 9.55. The van der Waals surface area contributed by atoms with E-state index in [1.54, 1.807) is 11.3 Å². The molecule has 0 saturated carbocycles. The third-order valence-electron chi connectivity index (χ3n) is 3.31. The number of nitrogens with one attached hydrogen (secondary N) is 2. The highest BCUT2D eigenvalue weighted by Gasteiger charge is 2.20. The van der Waals surface area contributed by atoms with Crippen molar-refractivity contribution in [3.8, 4) is 0 Å². The van der Waals surface area contributed by atoms with E-state index in [-0.39, 0.29) is 11.3 Å². The Hall–Kier alpha value is -1.56. The highest BCUT2D eigenvalue weighted by molar-refractivity contribution is 7.09. The van der Waals surface area contributed by atoms with E-state index in [0.717, 1.165) is 25.5 Å². The largest absolute Gasteiger partial charge is 0.357 e. The van der Waals surface area contributed by atoms with E-state index in [2.05, 4.69) is 45.0 Å². The summed E-state index contributed by atoms with van der Waals surface area (Å²) in [6.07, 6.45) is 1.01. The molecule has 0 aliphatic carbocycles. The number of carbonyl (C=O) groups excluding carboxylic acids is 1. The summed E-state index contributed by atoms with van der Waals surface area (Å²) >= 11 is 1.78. The lowest BCUT2D eigenvalue weighted by Gasteiger charge is -2.22. The summed E-state index contributed by atoms with van der Waals surface area (Å²) in [5, 5.41) is 8.32. The number of hydrogen-bond donors (Lipinski definition) is 2. The van der Waals surface area contributed by atoms with Crippen molar-refractivity contribution < 1.29 is 4.79 Å². The van der Waals surface area contributed by atoms with Crippen LogP contribution in [0.3, 0.4) is 0 Å². The highest BCUT2D eigenvalue weighted by Crippen LogP contribution is 2.12. The van der Waals surface area contributed by atoms with Crippen LogP contribution >= 0.6 is 11.3 Å². The first-order chi connectivity index (χ1) is 10.8. The molecule has 0 spiro atoms. The molecule has 23 heavy (non-hydrogen) atoms. The molecule has 0 atom stereocenters. The number of rotatable bonds is 7. The quantitative estimate of drug-likeness (QED) is 0.456. The number of thiophene rings is 1. The van der Waals surface area contributed by atoms with E-state index in [9.17, 15) is 4.79 Å². The molecule has 1 amide bonds. The molecule has 1 heterocycles. The summed E-state index contributed by atoms with van der Waals surface area (Å²) in [5.74, 6) is 0.942. The van der Waals surface area contributed by atoms with Crippen molar-refractivity contribution in [3.63, 3.8) is 0 Å². The van der Waals surface area contributed by atoms with Crippen LogP contribution in [0, 0.1) is 5.41 Å². The van der Waals surface area contributed by atoms with Crippen LogP contribution in [0.4, 0.5) is 0 Å². The van der Waals surface area contributed by atoms with Gasteiger partial charge in [0.05, 0.1) is 6.54 Å². The summed E-state index contributed by atoms with van der Waals surface area (Å²) in [4.78, 5) is 19.9. The van der Waals surface area contributed by atoms with Gasteiger partial charge < -0.3 is 15.5 Å². The predicted octanol–water partition coefficient (Wildman–Crippen LogP) is 2.35. The Morgan fingerprint density at radius 1 is 1.35 bits per heavy atom. The third-order valence-corrected chi connectivity index (χ3v) is 4.25. The zero-order valence-corrected chi connectivity index (χ0v) is 15.8. The molecule has 1 rings (SSSR count). The maximum Gasteiger partial charge on any atom is 0.225 e. The average Bonchev–Trinajstić information content (AvgIpc) is 3.00. The molecule has 6 heteroatoms. The summed E-state index contributed by atoms with van der Waals surface area (Å²) in [5.41, 5.74) is -0.355. The van der Waals surface area contributed by atoms with Gasteiger partial charge in [-0.25, -0.2) is 0 Å². The Kier molecular flexibility index (Phi) is 8.09. The number of likely N-dealkylation sites (N-methyl/N-ethyl adjacent to an activating group) is 1. The molecular weight excluding hydrogens is 308 g/mol. The van der Waals surface area contributed by atoms with E-state index in [1.807, 2.05) is 27.8 Å². The first kappa shape index (κ1) is 19.5. The van der Waals surface area contributed by atoms with Crippen LogP contribution in [0.1, 0.15) is 32.6 Å². The van der Waals surface area contributed by atoms with Gasteiger partial charge >= 0.3 is 0 Å². The Bertz CT molecular complexity index is 491. The molecule has 0 unspecified atom stereocenters. The Labute approximate surface area is 144 Å². The fraction of sp³-hybridized carbons (Fsp3) is 0.647. The van der Waals surface area contributed by atoms with Crippen LogP contribution in [0.5, 0.6) is 0 Å². The minimum atomic E-state index is -0.355. The zero-order chi connectivity index (χ0) is 17.3. The Balaban J connectivity index is 2.44. The van der Waals surface area contributed by atoms with Crippen LogP contribution in [-0.4, -0.2) is 50.0 Å². The standard InChI is InChI=1S/C17H30N4OS/c1-6-18-16(20-11-10-19-15(22)17(2,3)4)21(5)12-9-14-8-7-13-23-14/h7-8,13H,6,9-12H2,1-5H3,(H,18,20)(H,19,22). The second-order valence-corrected chi connectivity index (χ2v) is 7.52. The molecule has 0 radical (unpaired) electrons. The number of guanidine groups is 1. The van der Waals surface area contributed by atoms with Gasteiger partial charge in [0.1, 0.15) is 0 Å². The average molecular weight is 339 g/mol. The lowest BCUT2D eigenvalue weighted by Crippen LogP contribution is -2.41. The molecule has 0 aliphatic rings. The van der Waals surface area contributed by atoms with Gasteiger partial charge in [0.15, 0.2) is 5.96 Å². The van der Waals surface area contributed by atoms with Crippen molar-refractivity contribution in [2.75, 3.05) is 33.2 Å². The molecule has 0 aliphatic heterocycles. The molecule has 1 aromatic rings. The van der Waals surface area contributed by atoms with E-state index < -0.39 is 0 Å². The fourth-order valence-electron chi connectivity index (χ4n) is 1.90. The SMILES string of the molecule is CCNC(=NCCNC(=O)C(C)(C)C)N(C)CCc1cccs1. The van der Waals surface area contributed by atoms with Gasteiger partial charge in [-0.2, -0.15) is 0 Å². The smallest absolute Gasteiger partial charge is 0.225 e. The molecule has 130 valence electrons. The second-order valence-electron chi connectivity index (χ2n) is 6.49. The van der Waals surface area contributed by atoms with Crippen LogP contribution in [0.15, 0.2) is 22.5 Å². The first-order valence-corrected chi connectivity index (χ1v) is 9.02. The monoisotopic (exact) mass is 338 g/mol. The maximum absolute atomic E-state index is 11.8. The van der Waals surface area contributed by atoms with Crippen molar-refractivity contribution in [2.24, 2.45) is 10.4 Å². The van der Waals surface area contributed by atoms with Crippen molar-refractivity contribution in [3.05, 3.63) is 22.4 Å². The number of amides is 1. The maximum atomic E-state index is 11.8. The molecular formula is C17H30N4OS. The lowest BCUT2D eigenvalue weighted by molar-refractivity contribution is -0.128. The van der Waals surface area contributed by atoms with Gasteiger partial charge in [-0.05, 0) is 24.8 Å². The van der Waals surface area contributed by atoms with E-state index in [0.29, 0.717) is 13.1 Å². The number of nitrogens with zero attached hydrogens (tertiary/aromatic N) is 2. The van der Waals surface area contributed by atoms with Crippen LogP contribution in [0.25, 0.3) is 0 Å². The summed E-state index contributed by atoms with van der Waals surface area (Å²) in [6, 6.07) is 4.24. The van der Waals surface area contributed by atoms with Gasteiger partial charge in [-0.15, -0.1) is 11.3 Å². The van der Waals surface area contributed by atoms with Crippen LogP contribution in [-0.2, 0) is 11.2 Å². The summed E-state index contributed by atoms with van der Waals surface area (Å²) in [6.45, 7) is 10.7. The minimum absolute atomic E-state index is 0.0590. The molecule has 0 aromatic carbocycles. The predicted molar refractivity (Wildman–Crippen MR) is 99.1 cm³/mol. The topological polar surface area (TPSA) is 56.7 Å². The fourth-order valence-corrected chi connectivity index (χ4v) is 2.60. The van der Waals surface area contributed by atoms with Crippen molar-refractivity contribution in [2.45, 2.75) is 34.1 Å². The van der Waals surface area contributed by atoms with Gasteiger partial charge in [0.25, 0.3) is 0 Å². The first-order valence-electron chi connectivity index (χ1n) is 8.14. The van der Waals surface area contributed by atoms with Gasteiger partial charge in [-0.3, -0.25) is 9.79 Å². The van der Waals surface area contributed by atoms with Crippen molar-refractivity contribution in [1.29, 1.82) is 0 Å². The van der Waals surface area contributed by atoms with Crippen molar-refractivity contribution >= 4 is 23.2 Å². The van der Waals surface area contributed by atoms with Crippen molar-refractivity contribution in [1.82, 2.24) is 15.5 Å². The molecule has 0 bridgehead atoms. The number of carbonyl (C=O) groups is 1. The van der Waals surface area contributed by atoms with Crippen LogP contribution < -0.4 is 10.6 Å². The summed E-state index contributed by atoms with van der Waals surface area (Å²) < 4.78 is 0. The zero-order valence-electron chi connectivity index (χ0n) is 15.0. The van der Waals surface area contributed by atoms with E-state index in [1.165, 1.54) is 4.88 Å². The molecule has 0 saturated heterocycles. The Morgan fingerprint density at radius 2 is 2.09 bits per heavy atom. The lowest BCUT2D eigenvalue weighted by atomic mass is 9.96. The van der Waals surface area contributed by atoms with Gasteiger partial charge in [0, 0.05) is 37.0 Å². The normalized spacial score (nSPS) is 12.1. The molecule has 0 fully saturated rings. The summed E-state index contributed by atoms with van der Waals surface area (Å²) in [7, 11) is 2.04. The Morgan fingerprint density at radius 3 is 2.65 bits per heavy atom. The number of aliphatic imine (C=N–C) groups is 1. The molecule has 5 nitrogen and oxygen atoms in total. The highest BCUT2D eigenvalue weighted by atomic mass is 32.1. The van der Waals surface area contributed by atoms with Crippen LogP contribution in [0.2, 0.25) is 0 Å². The minimum Gasteiger partial charge on any atom is -0.357 e. The van der Waals surface area contributed by atoms with Gasteiger partial charge in [-0.1, -0.05) is 26.8 Å². The molecule has 1 aromatic heterocycles. The van der Waals surface area contributed by atoms with Gasteiger partial charge in [0.2, 0.25) is 5.91 Å². The van der Waals surface area contributed by atoms with E-state index in [4.69, 9.17) is 0 Å². The molecule has 2 N–H and O–H groups in total. The van der Waals surface area contributed by atoms with E-state index >= 15 is 0 Å². The third kappa shape index (κ3) is 7.50. The number of hydrogen-bond acceptors (Lipinski definition) is 3.